The average Bonchev–Trinajstić information content (AvgIpc) is 2.97. The maximum Gasteiger partial charge on any atom is 0.435 e. The smallest absolute Gasteiger partial charge is 0.435 e. The van der Waals surface area contributed by atoms with Crippen LogP contribution in [0.3, 0.4) is 0 Å². The van der Waals surface area contributed by atoms with Crippen LogP contribution >= 0.6 is 0 Å². The monoisotopic (exact) mass is 419 g/mol. The van der Waals surface area contributed by atoms with Crippen molar-refractivity contribution >= 4 is 28.9 Å². The highest BCUT2D eigenvalue weighted by Crippen LogP contribution is 2.30. The number of nitrogens with one attached hydrogen (secondary N) is 1. The Hall–Kier alpha value is -2.65. The summed E-state index contributed by atoms with van der Waals surface area (Å²) in [5, 5.41) is 7.45. The van der Waals surface area contributed by atoms with E-state index in [0.717, 1.165) is 16.7 Å². The number of rotatable bonds is 2. The molecule has 30 heavy (non-hydrogen) atoms. The lowest BCUT2D eigenvalue weighted by Gasteiger charge is -2.23. The molecule has 1 fully saturated rings. The van der Waals surface area contributed by atoms with E-state index in [0.29, 0.717) is 24.1 Å². The Morgan fingerprint density at radius 3 is 2.30 bits per heavy atom. The van der Waals surface area contributed by atoms with Crippen LogP contribution in [0, 0.1) is 0 Å². The molecule has 1 aromatic carbocycles. The van der Waals surface area contributed by atoms with Gasteiger partial charge in [0.1, 0.15) is 11.2 Å². The first-order valence-corrected chi connectivity index (χ1v) is 9.92. The lowest BCUT2D eigenvalue weighted by molar-refractivity contribution is -0.182. The Morgan fingerprint density at radius 2 is 1.70 bits per heavy atom. The van der Waals surface area contributed by atoms with E-state index in [2.05, 4.69) is 10.4 Å². The molecular formula is C21H29N3O6. The van der Waals surface area contributed by atoms with E-state index in [4.69, 9.17) is 18.9 Å². The Bertz CT molecular complexity index is 933. The number of hydrogen-bond donors (Lipinski definition) is 1. The lowest BCUT2D eigenvalue weighted by atomic mass is 10.1. The molecule has 2 aromatic rings. The highest BCUT2D eigenvalue weighted by molar-refractivity contribution is 6.00. The van der Waals surface area contributed by atoms with Crippen LogP contribution in [0.5, 0.6) is 0 Å². The van der Waals surface area contributed by atoms with Crippen molar-refractivity contribution in [3.8, 4) is 0 Å². The molecule has 0 aliphatic carbocycles. The van der Waals surface area contributed by atoms with Gasteiger partial charge in [-0.2, -0.15) is 4.68 Å². The summed E-state index contributed by atoms with van der Waals surface area (Å²) in [7, 11) is 0. The van der Waals surface area contributed by atoms with Gasteiger partial charge in [-0.1, -0.05) is 6.07 Å². The van der Waals surface area contributed by atoms with Crippen molar-refractivity contribution in [3.05, 3.63) is 23.8 Å². The second-order valence-electron chi connectivity index (χ2n) is 9.07. The van der Waals surface area contributed by atoms with E-state index >= 15 is 0 Å². The third-order valence-electron chi connectivity index (χ3n) is 3.99. The van der Waals surface area contributed by atoms with Crippen molar-refractivity contribution < 1.29 is 28.5 Å². The normalized spacial score (nSPS) is 15.8. The van der Waals surface area contributed by atoms with Crippen molar-refractivity contribution in [1.29, 1.82) is 0 Å². The summed E-state index contributed by atoms with van der Waals surface area (Å²) in [5.74, 6) is 0.183. The van der Waals surface area contributed by atoms with Gasteiger partial charge in [0, 0.05) is 10.9 Å². The lowest BCUT2D eigenvalue weighted by Crippen LogP contribution is -2.28. The number of carbonyl (C=O) groups excluding carboxylic acids is 2. The quantitative estimate of drug-likeness (QED) is 0.759. The van der Waals surface area contributed by atoms with E-state index in [1.54, 1.807) is 59.7 Å². The third kappa shape index (κ3) is 5.48. The van der Waals surface area contributed by atoms with E-state index < -0.39 is 29.7 Å². The van der Waals surface area contributed by atoms with Crippen molar-refractivity contribution in [2.24, 2.45) is 0 Å². The molecule has 0 saturated carbocycles. The van der Waals surface area contributed by atoms with Crippen LogP contribution in [0.2, 0.25) is 0 Å². The molecule has 0 atom stereocenters. The standard InChI is InChI=1S/C21H29N3O6/c1-20(2,3)29-18(25)22-16-14-12-13(17-27-10-7-11-28-17)8-9-15(14)24(23-16)19(26)30-21(4,5)6/h8-9,12,17H,7,10-11H2,1-6H3,(H,22,23,25). The number of hydrogen-bond acceptors (Lipinski definition) is 7. The molecule has 0 unspecified atom stereocenters. The molecule has 164 valence electrons. The van der Waals surface area contributed by atoms with Gasteiger partial charge in [-0.25, -0.2) is 9.59 Å². The second-order valence-corrected chi connectivity index (χ2v) is 9.07. The van der Waals surface area contributed by atoms with Crippen molar-refractivity contribution in [3.63, 3.8) is 0 Å². The topological polar surface area (TPSA) is 101 Å². The van der Waals surface area contributed by atoms with E-state index in [9.17, 15) is 9.59 Å². The molecule has 1 saturated heterocycles. The highest BCUT2D eigenvalue weighted by atomic mass is 16.7. The molecule has 1 aliphatic rings. The molecule has 1 aromatic heterocycles. The van der Waals surface area contributed by atoms with Gasteiger partial charge in [0.25, 0.3) is 0 Å². The molecule has 3 rings (SSSR count). The number of carbonyl (C=O) groups is 2. The zero-order valence-corrected chi connectivity index (χ0v) is 18.3. The number of nitrogens with zero attached hydrogens (tertiary/aromatic N) is 2. The Morgan fingerprint density at radius 1 is 1.07 bits per heavy atom. The fourth-order valence-electron chi connectivity index (χ4n) is 2.90. The predicted octanol–water partition coefficient (Wildman–Crippen LogP) is 4.60. The zero-order chi connectivity index (χ0) is 22.1. The largest absolute Gasteiger partial charge is 0.444 e. The maximum absolute atomic E-state index is 12.7. The molecule has 1 amide bonds. The fraction of sp³-hybridized carbons (Fsp3) is 0.571. The molecule has 9 nitrogen and oxygen atoms in total. The minimum absolute atomic E-state index is 0.183. The van der Waals surface area contributed by atoms with Crippen molar-refractivity contribution in [2.45, 2.75) is 65.5 Å². The van der Waals surface area contributed by atoms with Crippen LogP contribution < -0.4 is 5.32 Å². The number of aromatic nitrogens is 2. The Kier molecular flexibility index (Phi) is 6.05. The number of ether oxygens (including phenoxy) is 4. The zero-order valence-electron chi connectivity index (χ0n) is 18.3. The third-order valence-corrected chi connectivity index (χ3v) is 3.99. The van der Waals surface area contributed by atoms with Crippen LogP contribution in [-0.4, -0.2) is 46.4 Å². The minimum Gasteiger partial charge on any atom is -0.444 e. The number of fused-ring (bicyclic) bond motifs is 1. The molecule has 1 aliphatic heterocycles. The maximum atomic E-state index is 12.7. The highest BCUT2D eigenvalue weighted by Gasteiger charge is 2.26. The summed E-state index contributed by atoms with van der Waals surface area (Å²) in [6.07, 6.45) is -1.00. The SMILES string of the molecule is CC(C)(C)OC(=O)Nc1nn(C(=O)OC(C)(C)C)c2ccc(C3OCCCO3)cc12. The van der Waals surface area contributed by atoms with Crippen LogP contribution in [0.25, 0.3) is 10.9 Å². The molecule has 0 spiro atoms. The molecule has 0 bridgehead atoms. The first-order chi connectivity index (χ1) is 13.9. The van der Waals surface area contributed by atoms with E-state index in [-0.39, 0.29) is 5.82 Å². The Labute approximate surface area is 175 Å². The first kappa shape index (κ1) is 22.0. The summed E-state index contributed by atoms with van der Waals surface area (Å²) >= 11 is 0. The van der Waals surface area contributed by atoms with Gasteiger partial charge in [0.05, 0.1) is 18.7 Å². The van der Waals surface area contributed by atoms with Crippen molar-refractivity contribution in [1.82, 2.24) is 9.78 Å². The number of amides is 1. The summed E-state index contributed by atoms with van der Waals surface area (Å²) < 4.78 is 23.2. The van der Waals surface area contributed by atoms with Crippen LogP contribution in [-0.2, 0) is 18.9 Å². The summed E-state index contributed by atoms with van der Waals surface area (Å²) in [5.41, 5.74) is -0.131. The predicted molar refractivity (Wildman–Crippen MR) is 110 cm³/mol. The van der Waals surface area contributed by atoms with Gasteiger partial charge in [0.15, 0.2) is 12.1 Å². The summed E-state index contributed by atoms with van der Waals surface area (Å²) in [6, 6.07) is 5.31. The minimum atomic E-state index is -0.697. The Balaban J connectivity index is 2.00. The first-order valence-electron chi connectivity index (χ1n) is 9.92. The van der Waals surface area contributed by atoms with E-state index in [1.807, 2.05) is 0 Å². The van der Waals surface area contributed by atoms with Crippen LogP contribution in [0.4, 0.5) is 15.4 Å². The molecule has 1 N–H and O–H groups in total. The fourth-order valence-corrected chi connectivity index (χ4v) is 2.90. The van der Waals surface area contributed by atoms with Gasteiger partial charge >= 0.3 is 12.2 Å². The van der Waals surface area contributed by atoms with Gasteiger partial charge in [0.2, 0.25) is 0 Å². The van der Waals surface area contributed by atoms with Crippen LogP contribution in [0.1, 0.15) is 59.8 Å². The summed E-state index contributed by atoms with van der Waals surface area (Å²) in [4.78, 5) is 25.0. The van der Waals surface area contributed by atoms with Gasteiger partial charge in [-0.3, -0.25) is 5.32 Å². The van der Waals surface area contributed by atoms with Gasteiger partial charge in [-0.15, -0.1) is 5.10 Å². The second kappa shape index (κ2) is 8.23. The summed E-state index contributed by atoms with van der Waals surface area (Å²) in [6.45, 7) is 11.8. The van der Waals surface area contributed by atoms with Gasteiger partial charge < -0.3 is 18.9 Å². The van der Waals surface area contributed by atoms with Gasteiger partial charge in [-0.05, 0) is 60.1 Å². The molecule has 0 radical (unpaired) electrons. The average molecular weight is 419 g/mol. The number of anilines is 1. The molecule has 2 heterocycles. The molecular weight excluding hydrogens is 390 g/mol. The number of benzene rings is 1. The van der Waals surface area contributed by atoms with Crippen LogP contribution in [0.15, 0.2) is 18.2 Å². The molecule has 9 heteroatoms. The van der Waals surface area contributed by atoms with Crippen molar-refractivity contribution in [2.75, 3.05) is 18.5 Å². The van der Waals surface area contributed by atoms with E-state index in [1.165, 1.54) is 0 Å².